The number of aryl methyl sites for hydroxylation is 2. The first-order chi connectivity index (χ1) is 19.4. The van der Waals surface area contributed by atoms with Gasteiger partial charge in [-0.3, -0.25) is 0 Å². The lowest BCUT2D eigenvalue weighted by Gasteiger charge is -2.20. The third-order valence-electron chi connectivity index (χ3n) is 6.48. The molecule has 4 rings (SSSR count). The number of rotatable bonds is 7. The van der Waals surface area contributed by atoms with Gasteiger partial charge in [-0.1, -0.05) is 130 Å². The van der Waals surface area contributed by atoms with E-state index in [1.165, 1.54) is 28.9 Å². The van der Waals surface area contributed by atoms with Gasteiger partial charge in [0, 0.05) is 43.3 Å². The van der Waals surface area contributed by atoms with Gasteiger partial charge in [0.25, 0.3) is 0 Å². The van der Waals surface area contributed by atoms with E-state index in [4.69, 9.17) is 0 Å². The summed E-state index contributed by atoms with van der Waals surface area (Å²) in [6, 6.07) is 21.2. The van der Waals surface area contributed by atoms with Crippen LogP contribution in [0.2, 0.25) is 0 Å². The summed E-state index contributed by atoms with van der Waals surface area (Å²) in [7, 11) is 0. The molecule has 0 aliphatic carbocycles. The first-order valence-electron chi connectivity index (χ1n) is 15.5. The number of aromatic nitrogens is 4. The van der Waals surface area contributed by atoms with Gasteiger partial charge in [-0.25, -0.2) is 9.97 Å². The van der Waals surface area contributed by atoms with E-state index in [1.807, 2.05) is 40.1 Å². The molecule has 4 heteroatoms. The molecule has 0 bridgehead atoms. The Bertz CT molecular complexity index is 1220. The predicted molar refractivity (Wildman–Crippen MR) is 179 cm³/mol. The number of hydrogen-bond acceptors (Lipinski definition) is 2. The van der Waals surface area contributed by atoms with Gasteiger partial charge in [-0.05, 0) is 48.6 Å². The minimum absolute atomic E-state index is 0.293. The summed E-state index contributed by atoms with van der Waals surface area (Å²) in [6.07, 6.45) is 7.23. The Morgan fingerprint density at radius 1 is 0.585 bits per heavy atom. The van der Waals surface area contributed by atoms with Crippen LogP contribution in [0.3, 0.4) is 0 Å². The summed E-state index contributed by atoms with van der Waals surface area (Å²) in [6.45, 7) is 27.8. The van der Waals surface area contributed by atoms with Gasteiger partial charge in [0.2, 0.25) is 0 Å². The van der Waals surface area contributed by atoms with Crippen molar-refractivity contribution in [1.82, 2.24) is 19.1 Å². The molecule has 0 N–H and O–H groups in total. The maximum atomic E-state index is 4.48. The topological polar surface area (TPSA) is 35.6 Å². The van der Waals surface area contributed by atoms with E-state index < -0.39 is 0 Å². The fraction of sp³-hybridized carbons (Fsp3) is 0.514. The molecule has 0 aliphatic rings. The van der Waals surface area contributed by atoms with Crippen LogP contribution < -0.4 is 0 Å². The lowest BCUT2D eigenvalue weighted by atomic mass is 9.91. The number of benzene rings is 2. The van der Waals surface area contributed by atoms with Crippen LogP contribution in [0.4, 0.5) is 0 Å². The zero-order chi connectivity index (χ0) is 31.1. The van der Waals surface area contributed by atoms with E-state index in [2.05, 4.69) is 135 Å². The van der Waals surface area contributed by atoms with Gasteiger partial charge in [-0.15, -0.1) is 0 Å². The predicted octanol–water partition coefficient (Wildman–Crippen LogP) is 10.1. The molecule has 0 spiro atoms. The van der Waals surface area contributed by atoms with Crippen molar-refractivity contribution in [2.75, 3.05) is 0 Å². The van der Waals surface area contributed by atoms with Crippen LogP contribution in [-0.4, -0.2) is 19.1 Å². The second-order valence-electron chi connectivity index (χ2n) is 12.5. The number of imidazole rings is 2. The summed E-state index contributed by atoms with van der Waals surface area (Å²) in [5, 5.41) is 0. The van der Waals surface area contributed by atoms with Gasteiger partial charge < -0.3 is 9.13 Å². The van der Waals surface area contributed by atoms with Crippen LogP contribution in [0.5, 0.6) is 0 Å². The first-order valence-corrected chi connectivity index (χ1v) is 15.5. The Balaban J connectivity index is 0.000000366. The maximum absolute atomic E-state index is 4.48. The van der Waals surface area contributed by atoms with E-state index in [9.17, 15) is 0 Å². The summed E-state index contributed by atoms with van der Waals surface area (Å²) >= 11 is 0. The highest BCUT2D eigenvalue weighted by molar-refractivity contribution is 5.22. The third-order valence-corrected chi connectivity index (χ3v) is 6.48. The number of hydrogen-bond donors (Lipinski definition) is 0. The molecular weight excluding hydrogens is 500 g/mol. The largest absolute Gasteiger partial charge is 0.332 e. The van der Waals surface area contributed by atoms with E-state index in [1.54, 1.807) is 0 Å². The average Bonchev–Trinajstić information content (AvgIpc) is 3.46. The van der Waals surface area contributed by atoms with E-state index >= 15 is 0 Å². The average molecular weight is 559 g/mol. The molecule has 226 valence electrons. The Hall–Kier alpha value is -3.14. The molecular formula is C37H58N4. The van der Waals surface area contributed by atoms with Gasteiger partial charge in [0.15, 0.2) is 0 Å². The van der Waals surface area contributed by atoms with Crippen molar-refractivity contribution in [3.05, 3.63) is 107 Å². The van der Waals surface area contributed by atoms with Crippen molar-refractivity contribution < 1.29 is 0 Å². The third kappa shape index (κ3) is 13.4. The van der Waals surface area contributed by atoms with Crippen molar-refractivity contribution in [3.8, 4) is 0 Å². The van der Waals surface area contributed by atoms with Crippen LogP contribution in [0.25, 0.3) is 0 Å². The second-order valence-corrected chi connectivity index (χ2v) is 12.5. The molecule has 2 aromatic heterocycles. The monoisotopic (exact) mass is 558 g/mol. The molecule has 0 fully saturated rings. The smallest absolute Gasteiger partial charge is 0.106 e. The van der Waals surface area contributed by atoms with Gasteiger partial charge in [0.1, 0.15) is 11.6 Å². The van der Waals surface area contributed by atoms with Crippen LogP contribution in [-0.2, 0) is 25.9 Å². The Labute approximate surface area is 252 Å². The second kappa shape index (κ2) is 17.6. The van der Waals surface area contributed by atoms with Gasteiger partial charge >= 0.3 is 0 Å². The summed E-state index contributed by atoms with van der Waals surface area (Å²) in [5.74, 6) is 2.22. The van der Waals surface area contributed by atoms with Crippen LogP contribution >= 0.6 is 0 Å². The molecule has 0 saturated carbocycles. The zero-order valence-electron chi connectivity index (χ0n) is 28.3. The highest BCUT2D eigenvalue weighted by Gasteiger charge is 2.16. The minimum Gasteiger partial charge on any atom is -0.332 e. The summed E-state index contributed by atoms with van der Waals surface area (Å²) in [5.41, 5.74) is 5.96. The molecule has 4 nitrogen and oxygen atoms in total. The molecule has 0 atom stereocenters. The highest BCUT2D eigenvalue weighted by Crippen LogP contribution is 2.23. The van der Waals surface area contributed by atoms with Crippen molar-refractivity contribution in [2.45, 2.75) is 115 Å². The van der Waals surface area contributed by atoms with E-state index in [0.29, 0.717) is 10.8 Å². The molecule has 41 heavy (non-hydrogen) atoms. The minimum atomic E-state index is 0.293. The molecule has 0 saturated heterocycles. The highest BCUT2D eigenvalue weighted by atomic mass is 15.1. The standard InChI is InChI=1S/C17H24N2.C16H22N2.2C2H6/c1-14-18-13-16(12-15-8-6-5-7-9-15)19(14)11-10-17(2,3)4;1-13-17-11-15(10-16(2,3)4)18(13)12-14-8-6-5-7-9-14;2*1-2/h5-9,13H,10-12H2,1-4H3;5-9,11H,10,12H2,1-4H3;2*1-2H3. The first kappa shape index (κ1) is 35.9. The Morgan fingerprint density at radius 2 is 1.05 bits per heavy atom. The Kier molecular flexibility index (Phi) is 15.4. The van der Waals surface area contributed by atoms with Gasteiger partial charge in [-0.2, -0.15) is 0 Å². The molecule has 0 amide bonds. The van der Waals surface area contributed by atoms with Gasteiger partial charge in [0.05, 0.1) is 0 Å². The molecule has 2 heterocycles. The molecule has 0 unspecified atom stereocenters. The maximum Gasteiger partial charge on any atom is 0.106 e. The molecule has 4 aromatic rings. The van der Waals surface area contributed by atoms with Crippen LogP contribution in [0.15, 0.2) is 73.1 Å². The quantitative estimate of drug-likeness (QED) is 0.226. The van der Waals surface area contributed by atoms with Crippen molar-refractivity contribution in [1.29, 1.82) is 0 Å². The fourth-order valence-corrected chi connectivity index (χ4v) is 4.40. The Morgan fingerprint density at radius 3 is 1.54 bits per heavy atom. The summed E-state index contributed by atoms with van der Waals surface area (Å²) < 4.78 is 4.68. The number of nitrogens with zero attached hydrogens (tertiary/aromatic N) is 4. The van der Waals surface area contributed by atoms with Crippen molar-refractivity contribution in [2.24, 2.45) is 10.8 Å². The van der Waals surface area contributed by atoms with E-state index in [-0.39, 0.29) is 0 Å². The normalized spacial score (nSPS) is 10.9. The molecule has 2 aromatic carbocycles. The SMILES string of the molecule is CC.CC.Cc1ncc(CC(C)(C)C)n1Cc1ccccc1.Cc1ncc(Cc2ccccc2)n1CCC(C)(C)C. The van der Waals surface area contributed by atoms with Crippen LogP contribution in [0, 0.1) is 24.7 Å². The van der Waals surface area contributed by atoms with Crippen LogP contribution in [0.1, 0.15) is 110 Å². The zero-order valence-corrected chi connectivity index (χ0v) is 28.3. The lowest BCUT2D eigenvalue weighted by Crippen LogP contribution is -2.14. The fourth-order valence-electron chi connectivity index (χ4n) is 4.40. The van der Waals surface area contributed by atoms with E-state index in [0.717, 1.165) is 37.6 Å². The van der Waals surface area contributed by atoms with Crippen molar-refractivity contribution >= 4 is 0 Å². The molecule has 0 radical (unpaired) electrons. The molecule has 0 aliphatic heterocycles. The van der Waals surface area contributed by atoms with Crippen molar-refractivity contribution in [3.63, 3.8) is 0 Å². The summed E-state index contributed by atoms with van der Waals surface area (Å²) in [4.78, 5) is 8.94. The lowest BCUT2D eigenvalue weighted by molar-refractivity contribution is 0.346.